The van der Waals surface area contributed by atoms with Crippen LogP contribution in [0.25, 0.3) is 0 Å². The van der Waals surface area contributed by atoms with Gasteiger partial charge in [0.1, 0.15) is 11.2 Å². The van der Waals surface area contributed by atoms with Gasteiger partial charge in [0.2, 0.25) is 5.91 Å². The number of hydrogen-bond acceptors (Lipinski definition) is 6. The van der Waals surface area contributed by atoms with Crippen LogP contribution in [0.3, 0.4) is 0 Å². The van der Waals surface area contributed by atoms with Crippen LogP contribution < -0.4 is 16.4 Å². The lowest BCUT2D eigenvalue weighted by atomic mass is 9.54. The van der Waals surface area contributed by atoms with E-state index in [0.717, 1.165) is 0 Å². The molecule has 1 fully saturated rings. The Balaban J connectivity index is 1.85. The number of benzene rings is 1. The van der Waals surface area contributed by atoms with E-state index in [0.29, 0.717) is 31.8 Å². The largest absolute Gasteiger partial charge is 0.378 e. The van der Waals surface area contributed by atoms with E-state index in [9.17, 15) is 14.9 Å². The van der Waals surface area contributed by atoms with Gasteiger partial charge in [0, 0.05) is 37.6 Å². The Bertz CT molecular complexity index is 649. The molecule has 0 heterocycles. The summed E-state index contributed by atoms with van der Waals surface area (Å²) in [5.74, 6) is -0.224. The van der Waals surface area contributed by atoms with E-state index >= 15 is 0 Å². The first-order chi connectivity index (χ1) is 11.7. The van der Waals surface area contributed by atoms with Crippen LogP contribution in [0.5, 0.6) is 0 Å². The van der Waals surface area contributed by atoms with Gasteiger partial charge in [-0.05, 0) is 13.0 Å². The molecule has 0 spiro atoms. The second kappa shape index (κ2) is 7.37. The number of carbonyl (C=O) groups excluding carboxylic acids is 1. The maximum atomic E-state index is 12.5. The molecule has 1 saturated carbocycles. The normalized spacial score (nSPS) is 24.2. The van der Waals surface area contributed by atoms with Crippen LogP contribution in [0.2, 0.25) is 0 Å². The van der Waals surface area contributed by atoms with Gasteiger partial charge in [0.05, 0.1) is 11.0 Å². The topological polar surface area (TPSA) is 120 Å². The van der Waals surface area contributed by atoms with Crippen LogP contribution in [-0.4, -0.2) is 42.2 Å². The smallest absolute Gasteiger partial charge is 0.292 e. The highest BCUT2D eigenvalue weighted by molar-refractivity contribution is 5.88. The van der Waals surface area contributed by atoms with Gasteiger partial charge in [0.15, 0.2) is 0 Å². The van der Waals surface area contributed by atoms with E-state index in [1.54, 1.807) is 18.2 Å². The number of rotatable bonds is 8. The van der Waals surface area contributed by atoms with Crippen LogP contribution in [-0.2, 0) is 9.53 Å². The van der Waals surface area contributed by atoms with Crippen LogP contribution in [0.4, 0.5) is 11.4 Å². The second-order valence-corrected chi connectivity index (χ2v) is 6.80. The Hall–Kier alpha value is -2.19. The standard InChI is InChI=1S/C17H26N4O4/c1-4-25-14-11-17(18,16(14,2)3)15(22)20-10-9-19-12-7-5-6-8-13(12)21(23)24/h5-8,14,19H,4,9-11,18H2,1-3H3,(H,20,22). The lowest BCUT2D eigenvalue weighted by Crippen LogP contribution is -2.75. The molecule has 0 saturated heterocycles. The summed E-state index contributed by atoms with van der Waals surface area (Å²) in [6.07, 6.45) is 0.454. The van der Waals surface area contributed by atoms with Gasteiger partial charge >= 0.3 is 0 Å². The summed E-state index contributed by atoms with van der Waals surface area (Å²) >= 11 is 0. The predicted octanol–water partition coefficient (Wildman–Crippen LogP) is 1.66. The Morgan fingerprint density at radius 3 is 2.68 bits per heavy atom. The average molecular weight is 350 g/mol. The highest BCUT2D eigenvalue weighted by atomic mass is 16.6. The molecule has 8 nitrogen and oxygen atoms in total. The Labute approximate surface area is 147 Å². The molecule has 0 bridgehead atoms. The number of carbonyl (C=O) groups is 1. The van der Waals surface area contributed by atoms with Crippen molar-refractivity contribution >= 4 is 17.3 Å². The van der Waals surface area contributed by atoms with Crippen molar-refractivity contribution in [1.82, 2.24) is 5.32 Å². The summed E-state index contributed by atoms with van der Waals surface area (Å²) < 4.78 is 5.62. The summed E-state index contributed by atoms with van der Waals surface area (Å²) in [7, 11) is 0. The lowest BCUT2D eigenvalue weighted by Gasteiger charge is -2.57. The first-order valence-electron chi connectivity index (χ1n) is 8.40. The molecule has 1 aromatic rings. The van der Waals surface area contributed by atoms with Gasteiger partial charge in [-0.1, -0.05) is 26.0 Å². The van der Waals surface area contributed by atoms with E-state index in [1.807, 2.05) is 20.8 Å². The van der Waals surface area contributed by atoms with Gasteiger partial charge in [-0.25, -0.2) is 0 Å². The maximum Gasteiger partial charge on any atom is 0.292 e. The fraction of sp³-hybridized carbons (Fsp3) is 0.588. The number of nitro benzene ring substituents is 1. The van der Waals surface area contributed by atoms with Crippen molar-refractivity contribution in [3.05, 3.63) is 34.4 Å². The number of nitro groups is 1. The van der Waals surface area contributed by atoms with Gasteiger partial charge in [0.25, 0.3) is 5.69 Å². The third kappa shape index (κ3) is 3.59. The van der Waals surface area contributed by atoms with Crippen molar-refractivity contribution in [2.75, 3.05) is 25.0 Å². The fourth-order valence-corrected chi connectivity index (χ4v) is 3.13. The fourth-order valence-electron chi connectivity index (χ4n) is 3.13. The summed E-state index contributed by atoms with van der Waals surface area (Å²) in [6, 6.07) is 6.39. The maximum absolute atomic E-state index is 12.5. The lowest BCUT2D eigenvalue weighted by molar-refractivity contribution is -0.384. The molecule has 0 radical (unpaired) electrons. The molecular weight excluding hydrogens is 324 g/mol. The Kier molecular flexibility index (Phi) is 5.64. The van der Waals surface area contributed by atoms with E-state index < -0.39 is 15.9 Å². The third-order valence-electron chi connectivity index (χ3n) is 5.06. The monoisotopic (exact) mass is 350 g/mol. The number of nitrogens with zero attached hydrogens (tertiary/aromatic N) is 1. The molecule has 1 aliphatic carbocycles. The minimum atomic E-state index is -0.967. The average Bonchev–Trinajstić information content (AvgIpc) is 2.58. The van der Waals surface area contributed by atoms with Gasteiger partial charge in [-0.15, -0.1) is 0 Å². The minimum absolute atomic E-state index is 0.00352. The van der Waals surface area contributed by atoms with Crippen LogP contribution >= 0.6 is 0 Å². The van der Waals surface area contributed by atoms with Crippen molar-refractivity contribution < 1.29 is 14.5 Å². The highest BCUT2D eigenvalue weighted by Crippen LogP contribution is 2.49. The number of ether oxygens (including phenoxy) is 1. The molecule has 1 aliphatic rings. The summed E-state index contributed by atoms with van der Waals surface area (Å²) in [5, 5.41) is 16.7. The Morgan fingerprint density at radius 2 is 2.08 bits per heavy atom. The molecule has 1 amide bonds. The SMILES string of the molecule is CCOC1CC(N)(C(=O)NCCNc2ccccc2[N+](=O)[O-])C1(C)C. The molecule has 2 unspecified atom stereocenters. The van der Waals surface area contributed by atoms with E-state index in [1.165, 1.54) is 6.07 Å². The van der Waals surface area contributed by atoms with Crippen LogP contribution in [0.1, 0.15) is 27.2 Å². The molecule has 2 atom stereocenters. The van der Waals surface area contributed by atoms with Crippen molar-refractivity contribution in [2.24, 2.45) is 11.1 Å². The Morgan fingerprint density at radius 1 is 1.40 bits per heavy atom. The van der Waals surface area contributed by atoms with Crippen molar-refractivity contribution in [1.29, 1.82) is 0 Å². The second-order valence-electron chi connectivity index (χ2n) is 6.80. The number of para-hydroxylation sites is 2. The predicted molar refractivity (Wildman–Crippen MR) is 95.3 cm³/mol. The van der Waals surface area contributed by atoms with Crippen LogP contribution in [0.15, 0.2) is 24.3 Å². The number of hydrogen-bond donors (Lipinski definition) is 3. The number of nitrogens with two attached hydrogens (primary N) is 1. The van der Waals surface area contributed by atoms with Gasteiger partial charge in [-0.2, -0.15) is 0 Å². The summed E-state index contributed by atoms with van der Waals surface area (Å²) in [5.41, 5.74) is 5.31. The highest BCUT2D eigenvalue weighted by Gasteiger charge is 2.62. The first-order valence-corrected chi connectivity index (χ1v) is 8.40. The van der Waals surface area contributed by atoms with Crippen molar-refractivity contribution in [3.63, 3.8) is 0 Å². The van der Waals surface area contributed by atoms with Crippen LogP contribution in [0, 0.1) is 15.5 Å². The molecule has 4 N–H and O–H groups in total. The third-order valence-corrected chi connectivity index (χ3v) is 5.06. The zero-order chi connectivity index (χ0) is 18.7. The molecule has 8 heteroatoms. The molecule has 1 aromatic carbocycles. The summed E-state index contributed by atoms with van der Waals surface area (Å²) in [6.45, 7) is 7.05. The zero-order valence-electron chi connectivity index (χ0n) is 14.9. The van der Waals surface area contributed by atoms with E-state index in [4.69, 9.17) is 10.5 Å². The van der Waals surface area contributed by atoms with Crippen molar-refractivity contribution in [3.8, 4) is 0 Å². The van der Waals surface area contributed by atoms with Gasteiger partial charge < -0.3 is 21.1 Å². The molecule has 0 aliphatic heterocycles. The minimum Gasteiger partial charge on any atom is -0.378 e. The van der Waals surface area contributed by atoms with Gasteiger partial charge in [-0.3, -0.25) is 14.9 Å². The summed E-state index contributed by atoms with van der Waals surface area (Å²) in [4.78, 5) is 23.0. The number of nitrogens with one attached hydrogen (secondary N) is 2. The first kappa shape index (κ1) is 19.1. The van der Waals surface area contributed by atoms with Crippen molar-refractivity contribution in [2.45, 2.75) is 38.8 Å². The molecular formula is C17H26N4O4. The zero-order valence-corrected chi connectivity index (χ0v) is 14.9. The quantitative estimate of drug-likeness (QED) is 0.373. The number of amides is 1. The van der Waals surface area contributed by atoms with E-state index in [2.05, 4.69) is 10.6 Å². The molecule has 0 aromatic heterocycles. The van der Waals surface area contributed by atoms with E-state index in [-0.39, 0.29) is 17.7 Å². The molecule has 2 rings (SSSR count). The molecule has 25 heavy (non-hydrogen) atoms. The number of anilines is 1. The molecule has 138 valence electrons.